The third kappa shape index (κ3) is 4.46. The van der Waals surface area contributed by atoms with Gasteiger partial charge >= 0.3 is 5.63 Å². The Morgan fingerprint density at radius 2 is 1.58 bits per heavy atom. The lowest BCUT2D eigenvalue weighted by molar-refractivity contribution is 0.104. The number of carbonyl (C=O) groups is 1. The Kier molecular flexibility index (Phi) is 5.56. The highest BCUT2D eigenvalue weighted by molar-refractivity contribution is 6.07. The fourth-order valence-corrected chi connectivity index (χ4v) is 3.78. The molecule has 0 N–H and O–H groups in total. The average Bonchev–Trinajstić information content (AvgIpc) is 2.87. The molecule has 4 nitrogen and oxygen atoms in total. The second kappa shape index (κ2) is 8.97. The Hall–Kier alpha value is -4.44. The molecule has 0 aliphatic rings. The van der Waals surface area contributed by atoms with Crippen LogP contribution in [0.25, 0.3) is 27.8 Å². The normalized spacial score (nSPS) is 11.3. The van der Waals surface area contributed by atoms with Gasteiger partial charge in [-0.1, -0.05) is 84.9 Å². The Balaban J connectivity index is 1.33. The topological polar surface area (TPSA) is 56.5 Å². The van der Waals surface area contributed by atoms with E-state index < -0.39 is 5.63 Å². The van der Waals surface area contributed by atoms with Gasteiger partial charge in [-0.2, -0.15) is 0 Å². The molecule has 5 rings (SSSR count). The fraction of sp³-hybridized carbons (Fsp3) is 0.0345. The molecule has 0 aliphatic carbocycles. The summed E-state index contributed by atoms with van der Waals surface area (Å²) in [5.74, 6) is 0.627. The van der Waals surface area contributed by atoms with E-state index in [4.69, 9.17) is 9.15 Å². The lowest BCUT2D eigenvalue weighted by Gasteiger charge is -2.10. The molecule has 0 bridgehead atoms. The minimum atomic E-state index is -0.402. The van der Waals surface area contributed by atoms with Gasteiger partial charge in [0.2, 0.25) is 0 Å². The molecular weight excluding hydrogens is 412 g/mol. The highest BCUT2D eigenvalue weighted by Gasteiger charge is 2.10. The van der Waals surface area contributed by atoms with Gasteiger partial charge in [0.25, 0.3) is 0 Å². The molecule has 0 radical (unpaired) electrons. The van der Waals surface area contributed by atoms with Crippen LogP contribution in [0.1, 0.15) is 21.5 Å². The van der Waals surface area contributed by atoms with E-state index in [1.54, 1.807) is 24.3 Å². The number of allylic oxidation sites excluding steroid dienone is 1. The van der Waals surface area contributed by atoms with E-state index in [0.29, 0.717) is 16.9 Å². The summed E-state index contributed by atoms with van der Waals surface area (Å²) >= 11 is 0. The number of ketones is 1. The maximum atomic E-state index is 12.2. The monoisotopic (exact) mass is 432 g/mol. The van der Waals surface area contributed by atoms with Crippen LogP contribution in [0.5, 0.6) is 5.75 Å². The van der Waals surface area contributed by atoms with E-state index in [0.717, 1.165) is 27.3 Å². The molecule has 0 aliphatic heterocycles. The van der Waals surface area contributed by atoms with Crippen molar-refractivity contribution >= 4 is 33.6 Å². The van der Waals surface area contributed by atoms with Crippen LogP contribution in [0.4, 0.5) is 0 Å². The molecule has 33 heavy (non-hydrogen) atoms. The first-order valence-electron chi connectivity index (χ1n) is 10.6. The Morgan fingerprint density at radius 3 is 2.39 bits per heavy atom. The van der Waals surface area contributed by atoms with Gasteiger partial charge in [-0.3, -0.25) is 4.79 Å². The van der Waals surface area contributed by atoms with Crippen LogP contribution >= 0.6 is 0 Å². The Bertz CT molecular complexity index is 1530. The number of fused-ring (bicyclic) bond motifs is 3. The van der Waals surface area contributed by atoms with Crippen LogP contribution in [-0.2, 0) is 6.61 Å². The van der Waals surface area contributed by atoms with Crippen molar-refractivity contribution in [3.63, 3.8) is 0 Å². The molecule has 5 aromatic rings. The molecule has 1 heterocycles. The summed E-state index contributed by atoms with van der Waals surface area (Å²) in [7, 11) is 0. The van der Waals surface area contributed by atoms with Gasteiger partial charge in [0.1, 0.15) is 17.9 Å². The van der Waals surface area contributed by atoms with E-state index in [1.165, 1.54) is 6.07 Å². The maximum absolute atomic E-state index is 12.2. The third-order valence-electron chi connectivity index (χ3n) is 5.48. The highest BCUT2D eigenvalue weighted by Crippen LogP contribution is 2.27. The maximum Gasteiger partial charge on any atom is 0.336 e. The van der Waals surface area contributed by atoms with E-state index in [9.17, 15) is 9.59 Å². The minimum absolute atomic E-state index is 0.0433. The molecule has 1 aromatic heterocycles. The molecule has 4 aromatic carbocycles. The van der Waals surface area contributed by atoms with Gasteiger partial charge in [0.05, 0.1) is 0 Å². The van der Waals surface area contributed by atoms with Crippen LogP contribution < -0.4 is 10.4 Å². The largest absolute Gasteiger partial charge is 0.489 e. The van der Waals surface area contributed by atoms with E-state index in [-0.39, 0.29) is 12.4 Å². The number of benzene rings is 4. The van der Waals surface area contributed by atoms with Gasteiger partial charge in [0, 0.05) is 28.0 Å². The predicted molar refractivity (Wildman–Crippen MR) is 131 cm³/mol. The van der Waals surface area contributed by atoms with E-state index in [1.807, 2.05) is 78.9 Å². The van der Waals surface area contributed by atoms with Crippen LogP contribution in [0.2, 0.25) is 0 Å². The molecule has 0 fully saturated rings. The Labute approximate surface area is 190 Å². The lowest BCUT2D eigenvalue weighted by Crippen LogP contribution is -2.04. The van der Waals surface area contributed by atoms with Gasteiger partial charge in [-0.25, -0.2) is 4.79 Å². The molecule has 0 saturated heterocycles. The molecule has 4 heteroatoms. The van der Waals surface area contributed by atoms with Crippen molar-refractivity contribution in [3.8, 4) is 5.75 Å². The lowest BCUT2D eigenvalue weighted by atomic mass is 10.0. The van der Waals surface area contributed by atoms with Crippen LogP contribution in [-0.4, -0.2) is 5.78 Å². The average molecular weight is 432 g/mol. The first kappa shape index (κ1) is 20.5. The molecule has 0 saturated carbocycles. The zero-order chi connectivity index (χ0) is 22.6. The van der Waals surface area contributed by atoms with Crippen molar-refractivity contribution in [2.45, 2.75) is 6.61 Å². The fourth-order valence-electron chi connectivity index (χ4n) is 3.78. The van der Waals surface area contributed by atoms with Gasteiger partial charge in [0.15, 0.2) is 5.78 Å². The van der Waals surface area contributed by atoms with Gasteiger partial charge in [-0.15, -0.1) is 0 Å². The second-order valence-corrected chi connectivity index (χ2v) is 7.68. The Morgan fingerprint density at radius 1 is 0.818 bits per heavy atom. The highest BCUT2D eigenvalue weighted by atomic mass is 16.5. The van der Waals surface area contributed by atoms with Crippen LogP contribution in [0, 0.1) is 0 Å². The summed E-state index contributed by atoms with van der Waals surface area (Å²) in [6.45, 7) is 0.238. The molecule has 0 atom stereocenters. The summed E-state index contributed by atoms with van der Waals surface area (Å²) in [4.78, 5) is 24.4. The van der Waals surface area contributed by atoms with Gasteiger partial charge in [-0.05, 0) is 29.2 Å². The number of hydrogen-bond donors (Lipinski definition) is 0. The SMILES string of the molecule is O=C(/C=C/c1ccc(OCc2cc(=O)oc3c2ccc2ccccc23)cc1)c1ccccc1. The zero-order valence-corrected chi connectivity index (χ0v) is 17.7. The van der Waals surface area contributed by atoms with Crippen molar-refractivity contribution in [1.82, 2.24) is 0 Å². The zero-order valence-electron chi connectivity index (χ0n) is 17.7. The number of rotatable bonds is 6. The smallest absolute Gasteiger partial charge is 0.336 e. The standard InChI is InChI=1S/C29H20O4/c30-27(22-7-2-1-3-8-22)17-12-20-10-14-24(15-11-20)32-19-23-18-28(31)33-29-25-9-5-4-6-21(25)13-16-26(23)29/h1-18H,19H2/b17-12+. The quantitative estimate of drug-likeness (QED) is 0.134. The van der Waals surface area contributed by atoms with Crippen molar-refractivity contribution in [1.29, 1.82) is 0 Å². The van der Waals surface area contributed by atoms with Crippen molar-refractivity contribution in [3.05, 3.63) is 130 Å². The van der Waals surface area contributed by atoms with E-state index in [2.05, 4.69) is 0 Å². The minimum Gasteiger partial charge on any atom is -0.489 e. The summed E-state index contributed by atoms with van der Waals surface area (Å²) in [5, 5.41) is 2.77. The second-order valence-electron chi connectivity index (χ2n) is 7.68. The predicted octanol–water partition coefficient (Wildman–Crippen LogP) is 6.42. The molecule has 0 spiro atoms. The first-order valence-corrected chi connectivity index (χ1v) is 10.6. The number of hydrogen-bond acceptors (Lipinski definition) is 4. The number of ether oxygens (including phenoxy) is 1. The van der Waals surface area contributed by atoms with Crippen molar-refractivity contribution in [2.75, 3.05) is 0 Å². The summed E-state index contributed by atoms with van der Waals surface area (Å²) in [6.07, 6.45) is 3.34. The molecular formula is C29H20O4. The van der Waals surface area contributed by atoms with Crippen molar-refractivity contribution < 1.29 is 13.9 Å². The number of carbonyl (C=O) groups excluding carboxylic acids is 1. The van der Waals surface area contributed by atoms with E-state index >= 15 is 0 Å². The summed E-state index contributed by atoms with van der Waals surface area (Å²) < 4.78 is 11.5. The summed E-state index contributed by atoms with van der Waals surface area (Å²) in [6, 6.07) is 29.9. The molecule has 0 amide bonds. The molecule has 160 valence electrons. The van der Waals surface area contributed by atoms with Crippen LogP contribution in [0.15, 0.2) is 112 Å². The third-order valence-corrected chi connectivity index (χ3v) is 5.48. The first-order chi connectivity index (χ1) is 16.2. The summed E-state index contributed by atoms with van der Waals surface area (Å²) in [5.41, 5.74) is 2.48. The van der Waals surface area contributed by atoms with Gasteiger partial charge < -0.3 is 9.15 Å². The molecule has 0 unspecified atom stereocenters. The van der Waals surface area contributed by atoms with Crippen LogP contribution in [0.3, 0.4) is 0 Å². The van der Waals surface area contributed by atoms with Crippen molar-refractivity contribution in [2.24, 2.45) is 0 Å².